The monoisotopic (exact) mass is 482 g/mol. The van der Waals surface area contributed by atoms with E-state index in [1.807, 2.05) is 6.07 Å². The quantitative estimate of drug-likeness (QED) is 0.471. The lowest BCUT2D eigenvalue weighted by Crippen LogP contribution is -2.25. The highest BCUT2D eigenvalue weighted by atomic mass is 35.5. The van der Waals surface area contributed by atoms with Crippen molar-refractivity contribution in [3.8, 4) is 0 Å². The number of halogens is 3. The number of rotatable bonds is 7. The molecule has 0 heterocycles. The van der Waals surface area contributed by atoms with Gasteiger partial charge in [-0.15, -0.1) is 0 Å². The van der Waals surface area contributed by atoms with Crippen LogP contribution in [-0.2, 0) is 16.4 Å². The first-order valence-corrected chi connectivity index (χ1v) is 11.5. The average Bonchev–Trinajstić information content (AvgIpc) is 2.71. The van der Waals surface area contributed by atoms with Crippen LogP contribution in [0.1, 0.15) is 15.9 Å². The van der Waals surface area contributed by atoms with Crippen LogP contribution in [0.3, 0.4) is 0 Å². The molecule has 0 aliphatic carbocycles. The predicted molar refractivity (Wildman–Crippen MR) is 121 cm³/mol. The number of hydrogen-bond donors (Lipinski definition) is 2. The first-order chi connectivity index (χ1) is 14.2. The molecule has 0 saturated heterocycles. The van der Waals surface area contributed by atoms with E-state index in [-0.39, 0.29) is 10.8 Å². The van der Waals surface area contributed by atoms with Crippen molar-refractivity contribution in [2.75, 3.05) is 11.3 Å². The van der Waals surface area contributed by atoms with Crippen molar-refractivity contribution < 1.29 is 13.2 Å². The number of nitrogens with one attached hydrogen (secondary N) is 2. The molecule has 3 aromatic rings. The maximum atomic E-state index is 12.5. The van der Waals surface area contributed by atoms with Crippen molar-refractivity contribution >= 4 is 56.4 Å². The average molecular weight is 484 g/mol. The zero-order valence-corrected chi connectivity index (χ0v) is 18.6. The van der Waals surface area contributed by atoms with Crippen LogP contribution in [0.2, 0.25) is 15.1 Å². The number of amides is 1. The SMILES string of the molecule is O=C(NCCc1ccc(Cl)cc1Cl)c1ccc(S(=O)(=O)Nc2ccc(Cl)cc2)cc1. The maximum absolute atomic E-state index is 12.5. The van der Waals surface area contributed by atoms with Gasteiger partial charge in [-0.2, -0.15) is 0 Å². The minimum atomic E-state index is -3.78. The van der Waals surface area contributed by atoms with Gasteiger partial charge in [-0.1, -0.05) is 40.9 Å². The van der Waals surface area contributed by atoms with E-state index in [9.17, 15) is 13.2 Å². The minimum absolute atomic E-state index is 0.0435. The minimum Gasteiger partial charge on any atom is -0.352 e. The zero-order chi connectivity index (χ0) is 21.7. The summed E-state index contributed by atoms with van der Waals surface area (Å²) in [5.74, 6) is -0.310. The van der Waals surface area contributed by atoms with Gasteiger partial charge in [-0.3, -0.25) is 9.52 Å². The lowest BCUT2D eigenvalue weighted by atomic mass is 10.1. The molecular weight excluding hydrogens is 467 g/mol. The normalized spacial score (nSPS) is 11.2. The standard InChI is InChI=1S/C21H17Cl3N2O3S/c22-16-5-7-18(8-6-16)26-30(28,29)19-9-2-15(3-10-19)21(27)25-12-11-14-1-4-17(23)13-20(14)24/h1-10,13,26H,11-12H2,(H,25,27). The summed E-state index contributed by atoms with van der Waals surface area (Å²) in [5, 5.41) is 4.38. The lowest BCUT2D eigenvalue weighted by Gasteiger charge is -2.10. The zero-order valence-electron chi connectivity index (χ0n) is 15.5. The van der Waals surface area contributed by atoms with E-state index in [0.29, 0.717) is 39.3 Å². The van der Waals surface area contributed by atoms with E-state index in [1.54, 1.807) is 36.4 Å². The highest BCUT2D eigenvalue weighted by Gasteiger charge is 2.15. The predicted octanol–water partition coefficient (Wildman–Crippen LogP) is 5.42. The van der Waals surface area contributed by atoms with E-state index < -0.39 is 10.0 Å². The van der Waals surface area contributed by atoms with E-state index >= 15 is 0 Å². The van der Waals surface area contributed by atoms with Crippen molar-refractivity contribution in [1.82, 2.24) is 5.32 Å². The summed E-state index contributed by atoms with van der Waals surface area (Å²) in [4.78, 5) is 12.4. The third-order valence-corrected chi connectivity index (χ3v) is 6.45. The van der Waals surface area contributed by atoms with Crippen molar-refractivity contribution in [2.24, 2.45) is 0 Å². The summed E-state index contributed by atoms with van der Waals surface area (Å²) in [6.45, 7) is 0.373. The number of hydrogen-bond acceptors (Lipinski definition) is 3. The number of sulfonamides is 1. The third kappa shape index (κ3) is 5.89. The van der Waals surface area contributed by atoms with Gasteiger partial charge in [0.05, 0.1) is 4.90 Å². The molecule has 3 aromatic carbocycles. The van der Waals surface area contributed by atoms with Crippen LogP contribution < -0.4 is 10.0 Å². The fraction of sp³-hybridized carbons (Fsp3) is 0.0952. The Balaban J connectivity index is 1.60. The van der Waals surface area contributed by atoms with Gasteiger partial charge in [-0.05, 0) is 72.6 Å². The third-order valence-electron chi connectivity index (χ3n) is 4.22. The highest BCUT2D eigenvalue weighted by molar-refractivity contribution is 7.92. The number of carbonyl (C=O) groups excluding carboxylic acids is 1. The fourth-order valence-corrected chi connectivity index (χ4v) is 4.34. The van der Waals surface area contributed by atoms with Crippen molar-refractivity contribution in [3.05, 3.63) is 92.9 Å². The fourth-order valence-electron chi connectivity index (χ4n) is 2.65. The molecule has 0 aromatic heterocycles. The second-order valence-electron chi connectivity index (χ2n) is 6.38. The lowest BCUT2D eigenvalue weighted by molar-refractivity contribution is 0.0954. The molecule has 5 nitrogen and oxygen atoms in total. The number of carbonyl (C=O) groups is 1. The molecule has 0 unspecified atom stereocenters. The first-order valence-electron chi connectivity index (χ1n) is 8.85. The van der Waals surface area contributed by atoms with E-state index in [2.05, 4.69) is 10.0 Å². The van der Waals surface area contributed by atoms with E-state index in [0.717, 1.165) is 5.56 Å². The number of benzene rings is 3. The Bertz CT molecular complexity index is 1150. The van der Waals surface area contributed by atoms with Crippen LogP contribution in [-0.4, -0.2) is 20.9 Å². The first kappa shape index (κ1) is 22.4. The van der Waals surface area contributed by atoms with Gasteiger partial charge in [-0.25, -0.2) is 8.42 Å². The second kappa shape index (κ2) is 9.71. The molecule has 0 aliphatic rings. The summed E-state index contributed by atoms with van der Waals surface area (Å²) in [7, 11) is -3.78. The molecule has 156 valence electrons. The molecule has 1 amide bonds. The van der Waals surface area contributed by atoms with Gasteiger partial charge in [0, 0.05) is 32.9 Å². The largest absolute Gasteiger partial charge is 0.352 e. The topological polar surface area (TPSA) is 75.3 Å². The van der Waals surface area contributed by atoms with Crippen LogP contribution in [0.5, 0.6) is 0 Å². The Morgan fingerprint density at radius 2 is 1.47 bits per heavy atom. The smallest absolute Gasteiger partial charge is 0.261 e. The molecule has 0 spiro atoms. The van der Waals surface area contributed by atoms with Gasteiger partial charge < -0.3 is 5.32 Å². The van der Waals surface area contributed by atoms with Gasteiger partial charge in [0.2, 0.25) is 0 Å². The van der Waals surface area contributed by atoms with Crippen LogP contribution in [0.25, 0.3) is 0 Å². The van der Waals surface area contributed by atoms with Crippen LogP contribution in [0, 0.1) is 0 Å². The molecule has 0 bridgehead atoms. The molecular formula is C21H17Cl3N2O3S. The molecule has 0 fully saturated rings. The molecule has 30 heavy (non-hydrogen) atoms. The van der Waals surface area contributed by atoms with Gasteiger partial charge in [0.15, 0.2) is 0 Å². The van der Waals surface area contributed by atoms with Gasteiger partial charge in [0.25, 0.3) is 15.9 Å². The summed E-state index contributed by atoms with van der Waals surface area (Å²) in [6.07, 6.45) is 0.541. The van der Waals surface area contributed by atoms with Gasteiger partial charge >= 0.3 is 0 Å². The highest BCUT2D eigenvalue weighted by Crippen LogP contribution is 2.21. The van der Waals surface area contributed by atoms with Crippen molar-refractivity contribution in [3.63, 3.8) is 0 Å². The maximum Gasteiger partial charge on any atom is 0.261 e. The summed E-state index contributed by atoms with van der Waals surface area (Å²) in [6, 6.07) is 17.2. The molecule has 0 atom stereocenters. The second-order valence-corrected chi connectivity index (χ2v) is 9.34. The van der Waals surface area contributed by atoms with Crippen LogP contribution in [0.4, 0.5) is 5.69 Å². The van der Waals surface area contributed by atoms with Gasteiger partial charge in [0.1, 0.15) is 0 Å². The number of anilines is 1. The molecule has 0 aliphatic heterocycles. The summed E-state index contributed by atoms with van der Waals surface area (Å²) in [5.41, 5.74) is 1.61. The van der Waals surface area contributed by atoms with Crippen LogP contribution >= 0.6 is 34.8 Å². The Morgan fingerprint density at radius 1 is 0.833 bits per heavy atom. The van der Waals surface area contributed by atoms with Crippen molar-refractivity contribution in [2.45, 2.75) is 11.3 Å². The Labute approximate surface area is 190 Å². The summed E-state index contributed by atoms with van der Waals surface area (Å²) < 4.78 is 27.4. The Kier molecular flexibility index (Phi) is 7.26. The molecule has 0 saturated carbocycles. The van der Waals surface area contributed by atoms with Crippen LogP contribution in [0.15, 0.2) is 71.6 Å². The molecule has 9 heteroatoms. The summed E-state index contributed by atoms with van der Waals surface area (Å²) >= 11 is 17.8. The van der Waals surface area contributed by atoms with E-state index in [4.69, 9.17) is 34.8 Å². The van der Waals surface area contributed by atoms with E-state index in [1.165, 1.54) is 24.3 Å². The molecule has 3 rings (SSSR count). The Morgan fingerprint density at radius 3 is 2.10 bits per heavy atom. The van der Waals surface area contributed by atoms with Crippen molar-refractivity contribution in [1.29, 1.82) is 0 Å². The Hall–Kier alpha value is -2.25. The molecule has 2 N–H and O–H groups in total. The molecule has 0 radical (unpaired) electrons.